The maximum Gasteiger partial charge on any atom is 0.256 e. The van der Waals surface area contributed by atoms with E-state index in [0.717, 1.165) is 22.9 Å². The molecule has 1 unspecified atom stereocenters. The molecule has 2 aromatic heterocycles. The van der Waals surface area contributed by atoms with E-state index in [-0.39, 0.29) is 22.6 Å². The number of amides is 1. The summed E-state index contributed by atoms with van der Waals surface area (Å²) in [4.78, 5) is 39.3. The van der Waals surface area contributed by atoms with Crippen molar-refractivity contribution in [2.75, 3.05) is 44.7 Å². The number of hydrogen-bond acceptors (Lipinski definition) is 7. The van der Waals surface area contributed by atoms with Crippen LogP contribution < -0.4 is 20.4 Å². The third-order valence-corrected chi connectivity index (χ3v) is 8.89. The van der Waals surface area contributed by atoms with Gasteiger partial charge in [-0.2, -0.15) is 0 Å². The van der Waals surface area contributed by atoms with Gasteiger partial charge in [-0.15, -0.1) is 0 Å². The maximum absolute atomic E-state index is 16.0. The number of aromatic nitrogens is 3. The molecule has 3 aromatic carbocycles. The number of nitrogens with one attached hydrogen (secondary N) is 1. The highest BCUT2D eigenvalue weighted by Crippen LogP contribution is 2.48. The molecule has 10 heteroatoms. The minimum Gasteiger partial charge on any atom is -0.451 e. The number of pyridine rings is 1. The molecule has 0 saturated carbocycles. The van der Waals surface area contributed by atoms with Crippen molar-refractivity contribution in [3.05, 3.63) is 94.5 Å². The molecule has 1 atom stereocenters. The first-order chi connectivity index (χ1) is 21.9. The zero-order chi connectivity index (χ0) is 31.1. The lowest BCUT2D eigenvalue weighted by molar-refractivity contribution is 0.0954. The van der Waals surface area contributed by atoms with Gasteiger partial charge in [0.25, 0.3) is 5.91 Å². The monoisotopic (exact) mass is 606 g/mol. The van der Waals surface area contributed by atoms with Crippen molar-refractivity contribution in [3.63, 3.8) is 0 Å². The average molecular weight is 607 g/mol. The fraction of sp³-hybridized carbons (Fsp3) is 0.314. The standard InChI is InChI=1S/C30H24FN5O3.C5H11N/c1-2-33-30(38)21-16-36-24-11-17-5-3-4-6-18(17)12-25(24)39-29-26(36)20(28(21)37)13-22(31)27(29)35-10-7-19(15-35)23-14-32-8-9-34-23;1-6-4-2-3-5-6/h3-6,8-9,11-14,16,19H,2,7,10,15H2,1H3,(H,33,38);2-5H2,1H3. The third-order valence-electron chi connectivity index (χ3n) is 8.89. The molecule has 2 fully saturated rings. The number of halogens is 1. The van der Waals surface area contributed by atoms with Crippen LogP contribution in [0.3, 0.4) is 0 Å². The highest BCUT2D eigenvalue weighted by molar-refractivity contribution is 6.02. The van der Waals surface area contributed by atoms with Gasteiger partial charge in [0.05, 0.1) is 16.8 Å². The number of nitrogens with zero attached hydrogens (tertiary/aromatic N) is 5. The normalized spacial score (nSPS) is 17.1. The van der Waals surface area contributed by atoms with Gasteiger partial charge in [-0.3, -0.25) is 19.6 Å². The lowest BCUT2D eigenvalue weighted by Gasteiger charge is -2.29. The van der Waals surface area contributed by atoms with Gasteiger partial charge in [-0.25, -0.2) is 4.39 Å². The number of ether oxygens (including phenoxy) is 1. The summed E-state index contributed by atoms with van der Waals surface area (Å²) >= 11 is 0. The Morgan fingerprint density at radius 2 is 1.87 bits per heavy atom. The minimum absolute atomic E-state index is 0.0488. The van der Waals surface area contributed by atoms with Gasteiger partial charge in [0.15, 0.2) is 17.3 Å². The van der Waals surface area contributed by atoms with Gasteiger partial charge in [-0.1, -0.05) is 24.3 Å². The summed E-state index contributed by atoms with van der Waals surface area (Å²) in [5.74, 6) is -0.197. The van der Waals surface area contributed by atoms with Crippen LogP contribution in [-0.2, 0) is 0 Å². The number of carbonyl (C=O) groups is 1. The van der Waals surface area contributed by atoms with Crippen molar-refractivity contribution in [3.8, 4) is 17.2 Å². The number of fused-ring (bicyclic) bond motifs is 3. The van der Waals surface area contributed by atoms with Gasteiger partial charge >= 0.3 is 0 Å². The molecule has 0 radical (unpaired) electrons. The second kappa shape index (κ2) is 11.9. The van der Waals surface area contributed by atoms with Crippen molar-refractivity contribution >= 4 is 33.3 Å². The first-order valence-corrected chi connectivity index (χ1v) is 15.5. The Balaban J connectivity index is 0.000000488. The number of hydrogen-bond donors (Lipinski definition) is 1. The molecule has 0 bridgehead atoms. The minimum atomic E-state index is -0.571. The number of rotatable bonds is 4. The topological polar surface area (TPSA) is 92.6 Å². The SMILES string of the molecule is CCNC(=O)c1cn2c3c(c(N4CCC(c5cnccn5)C4)c(F)cc3c1=O)Oc1cc3ccccc3cc1-2.CN1CCCC1. The first-order valence-electron chi connectivity index (χ1n) is 15.5. The predicted octanol–water partition coefficient (Wildman–Crippen LogP) is 5.63. The Morgan fingerprint density at radius 3 is 2.56 bits per heavy atom. The second-order valence-electron chi connectivity index (χ2n) is 11.9. The number of likely N-dealkylation sites (tertiary alicyclic amines) is 1. The van der Waals surface area contributed by atoms with E-state index in [1.165, 1.54) is 32.0 Å². The summed E-state index contributed by atoms with van der Waals surface area (Å²) in [6.07, 6.45) is 10.2. The fourth-order valence-electron chi connectivity index (χ4n) is 6.60. The van der Waals surface area contributed by atoms with E-state index in [1.54, 1.807) is 36.3 Å². The molecular formula is C35H35FN6O3. The summed E-state index contributed by atoms with van der Waals surface area (Å²) < 4.78 is 24.2. The van der Waals surface area contributed by atoms with Gasteiger partial charge in [-0.05, 0) is 75.3 Å². The fourth-order valence-corrected chi connectivity index (χ4v) is 6.60. The van der Waals surface area contributed by atoms with Gasteiger partial charge in [0, 0.05) is 50.3 Å². The maximum atomic E-state index is 16.0. The van der Waals surface area contributed by atoms with E-state index in [0.29, 0.717) is 42.3 Å². The molecule has 8 rings (SSSR count). The highest BCUT2D eigenvalue weighted by Gasteiger charge is 2.34. The lowest BCUT2D eigenvalue weighted by atomic mass is 10.0. The Bertz CT molecular complexity index is 1970. The van der Waals surface area contributed by atoms with Crippen LogP contribution >= 0.6 is 0 Å². The van der Waals surface area contributed by atoms with Crippen LogP contribution in [0.1, 0.15) is 48.2 Å². The van der Waals surface area contributed by atoms with Crippen LogP contribution in [0.4, 0.5) is 10.1 Å². The Labute approximate surface area is 260 Å². The molecule has 1 N–H and O–H groups in total. The Morgan fingerprint density at radius 1 is 1.09 bits per heavy atom. The number of carbonyl (C=O) groups excluding carboxylic acids is 1. The molecular weight excluding hydrogens is 571 g/mol. The molecule has 0 aliphatic carbocycles. The number of benzene rings is 3. The molecule has 2 saturated heterocycles. The average Bonchev–Trinajstić information content (AvgIpc) is 3.74. The molecule has 5 heterocycles. The lowest BCUT2D eigenvalue weighted by Crippen LogP contribution is -2.30. The summed E-state index contributed by atoms with van der Waals surface area (Å²) in [5, 5.41) is 4.73. The van der Waals surface area contributed by atoms with Crippen LogP contribution in [0.5, 0.6) is 11.5 Å². The van der Waals surface area contributed by atoms with Crippen LogP contribution in [0.15, 0.2) is 72.0 Å². The molecule has 3 aliphatic rings. The molecule has 230 valence electrons. The number of anilines is 1. The van der Waals surface area contributed by atoms with Gasteiger partial charge in [0.1, 0.15) is 16.8 Å². The van der Waals surface area contributed by atoms with E-state index in [9.17, 15) is 9.59 Å². The molecule has 45 heavy (non-hydrogen) atoms. The Hall–Kier alpha value is -4.83. The zero-order valence-corrected chi connectivity index (χ0v) is 25.4. The Kier molecular flexibility index (Phi) is 7.66. The van der Waals surface area contributed by atoms with Gasteiger partial charge in [0.2, 0.25) is 5.43 Å². The third kappa shape index (κ3) is 5.29. The smallest absolute Gasteiger partial charge is 0.256 e. The largest absolute Gasteiger partial charge is 0.451 e. The summed E-state index contributed by atoms with van der Waals surface area (Å²) in [5.41, 5.74) is 1.68. The van der Waals surface area contributed by atoms with E-state index >= 15 is 4.39 Å². The van der Waals surface area contributed by atoms with Crippen LogP contribution in [0.2, 0.25) is 0 Å². The van der Waals surface area contributed by atoms with Crippen LogP contribution in [-0.4, -0.2) is 65.1 Å². The summed E-state index contributed by atoms with van der Waals surface area (Å²) in [7, 11) is 2.17. The zero-order valence-electron chi connectivity index (χ0n) is 25.4. The van der Waals surface area contributed by atoms with Crippen molar-refractivity contribution in [2.24, 2.45) is 0 Å². The van der Waals surface area contributed by atoms with Crippen molar-refractivity contribution < 1.29 is 13.9 Å². The molecule has 3 aliphatic heterocycles. The molecule has 5 aromatic rings. The molecule has 1 amide bonds. The van der Waals surface area contributed by atoms with Crippen molar-refractivity contribution in [1.82, 2.24) is 24.8 Å². The first kappa shape index (κ1) is 28.9. The summed E-state index contributed by atoms with van der Waals surface area (Å²) in [6.45, 7) is 5.90. The quantitative estimate of drug-likeness (QED) is 0.278. The molecule has 0 spiro atoms. The van der Waals surface area contributed by atoms with E-state index in [2.05, 4.69) is 27.2 Å². The van der Waals surface area contributed by atoms with E-state index in [1.807, 2.05) is 41.3 Å². The van der Waals surface area contributed by atoms with E-state index in [4.69, 9.17) is 4.74 Å². The summed E-state index contributed by atoms with van der Waals surface area (Å²) in [6, 6.07) is 13.0. The molecule has 9 nitrogen and oxygen atoms in total. The van der Waals surface area contributed by atoms with Crippen LogP contribution in [0.25, 0.3) is 27.4 Å². The predicted molar refractivity (Wildman–Crippen MR) is 173 cm³/mol. The van der Waals surface area contributed by atoms with E-state index < -0.39 is 17.2 Å². The van der Waals surface area contributed by atoms with Gasteiger partial charge < -0.3 is 24.4 Å². The highest BCUT2D eigenvalue weighted by atomic mass is 19.1. The van der Waals surface area contributed by atoms with Crippen molar-refractivity contribution in [1.29, 1.82) is 0 Å². The van der Waals surface area contributed by atoms with Crippen LogP contribution in [0, 0.1) is 5.82 Å². The van der Waals surface area contributed by atoms with Crippen molar-refractivity contribution in [2.45, 2.75) is 32.1 Å². The second-order valence-corrected chi connectivity index (χ2v) is 11.9.